The number of hydrogen-bond acceptors (Lipinski definition) is 4. The summed E-state index contributed by atoms with van der Waals surface area (Å²) >= 11 is 3.57. The van der Waals surface area contributed by atoms with Crippen LogP contribution in [-0.4, -0.2) is 37.5 Å². The van der Waals surface area contributed by atoms with Crippen molar-refractivity contribution in [2.24, 2.45) is 34.5 Å². The van der Waals surface area contributed by atoms with Gasteiger partial charge in [0.1, 0.15) is 5.60 Å². The number of hydrogen-bond donors (Lipinski definition) is 2. The molecule has 0 spiro atoms. The van der Waals surface area contributed by atoms with Gasteiger partial charge in [0, 0.05) is 16.1 Å². The number of nitrogens with zero attached hydrogens (tertiary/aromatic N) is 2. The summed E-state index contributed by atoms with van der Waals surface area (Å²) in [5, 5.41) is 28.1. The van der Waals surface area contributed by atoms with Crippen LogP contribution in [0.5, 0.6) is 0 Å². The highest BCUT2D eigenvalue weighted by Gasteiger charge is 2.68. The zero-order valence-electron chi connectivity index (χ0n) is 21.0. The number of fused-ring (bicyclic) bond motifs is 6. The third kappa shape index (κ3) is 3.12. The molecule has 3 fully saturated rings. The second kappa shape index (κ2) is 7.62. The van der Waals surface area contributed by atoms with E-state index in [-0.39, 0.29) is 29.0 Å². The molecule has 1 heterocycles. The number of halogens is 1. The number of aliphatic hydroxyl groups excluding tert-OH is 1. The molecule has 1 aromatic heterocycles. The lowest BCUT2D eigenvalue weighted by Crippen LogP contribution is -2.62. The Morgan fingerprint density at radius 3 is 2.77 bits per heavy atom. The molecule has 3 saturated carbocycles. The first kappa shape index (κ1) is 23.6. The van der Waals surface area contributed by atoms with Gasteiger partial charge in [0.15, 0.2) is 5.78 Å². The maximum absolute atomic E-state index is 12.6. The average Bonchev–Trinajstić information content (AvgIpc) is 3.30. The van der Waals surface area contributed by atoms with E-state index < -0.39 is 17.1 Å². The maximum atomic E-state index is 12.6. The topological polar surface area (TPSA) is 75.3 Å². The van der Waals surface area contributed by atoms with Gasteiger partial charge >= 0.3 is 0 Å². The minimum Gasteiger partial charge on any atom is -0.393 e. The number of carbonyl (C=O) groups is 1. The Morgan fingerprint density at radius 1 is 1.29 bits per heavy atom. The van der Waals surface area contributed by atoms with Gasteiger partial charge in [-0.1, -0.05) is 48.3 Å². The predicted molar refractivity (Wildman–Crippen MR) is 139 cm³/mol. The normalized spacial score (nSPS) is 41.9. The fraction of sp³-hybridized carbons (Fsp3) is 0.586. The van der Waals surface area contributed by atoms with Gasteiger partial charge < -0.3 is 10.2 Å². The zero-order chi connectivity index (χ0) is 24.9. The van der Waals surface area contributed by atoms with Crippen molar-refractivity contribution in [1.82, 2.24) is 9.78 Å². The van der Waals surface area contributed by atoms with Crippen molar-refractivity contribution in [2.45, 2.75) is 71.5 Å². The van der Waals surface area contributed by atoms with E-state index in [4.69, 9.17) is 5.10 Å². The largest absolute Gasteiger partial charge is 0.393 e. The third-order valence-corrected chi connectivity index (χ3v) is 11.0. The minimum atomic E-state index is -1.32. The van der Waals surface area contributed by atoms with Crippen molar-refractivity contribution in [2.75, 3.05) is 0 Å². The number of Topliss-reactive ketones (excluding diaryl/α,β-unsaturated/α-hetero) is 1. The van der Waals surface area contributed by atoms with Crippen molar-refractivity contribution in [3.8, 4) is 5.69 Å². The van der Waals surface area contributed by atoms with E-state index in [0.717, 1.165) is 35.1 Å². The number of aliphatic hydroxyl groups is 2. The summed E-state index contributed by atoms with van der Waals surface area (Å²) in [4.78, 5) is 12.6. The number of benzene rings is 1. The third-order valence-electron chi connectivity index (χ3n) is 10.5. The van der Waals surface area contributed by atoms with Crippen LogP contribution in [0.1, 0.15) is 64.6 Å². The van der Waals surface area contributed by atoms with E-state index in [2.05, 4.69) is 61.1 Å². The highest BCUT2D eigenvalue weighted by Crippen LogP contribution is 2.68. The van der Waals surface area contributed by atoms with Crippen molar-refractivity contribution < 1.29 is 15.0 Å². The monoisotopic (exact) mass is 538 g/mol. The minimum absolute atomic E-state index is 0.111. The van der Waals surface area contributed by atoms with Crippen LogP contribution in [0.4, 0.5) is 0 Å². The van der Waals surface area contributed by atoms with E-state index in [1.54, 1.807) is 0 Å². The van der Waals surface area contributed by atoms with E-state index in [1.165, 1.54) is 18.1 Å². The van der Waals surface area contributed by atoms with Crippen molar-refractivity contribution in [1.29, 1.82) is 0 Å². The Balaban J connectivity index is 1.40. The van der Waals surface area contributed by atoms with Gasteiger partial charge in [0.25, 0.3) is 0 Å². The molecule has 35 heavy (non-hydrogen) atoms. The molecule has 6 rings (SSSR count). The van der Waals surface area contributed by atoms with Crippen molar-refractivity contribution in [3.05, 3.63) is 51.8 Å². The first-order valence-electron chi connectivity index (χ1n) is 13.0. The van der Waals surface area contributed by atoms with E-state index in [0.29, 0.717) is 18.8 Å². The molecule has 4 aliphatic rings. The van der Waals surface area contributed by atoms with Gasteiger partial charge in [-0.2, -0.15) is 5.10 Å². The molecule has 0 aliphatic heterocycles. The van der Waals surface area contributed by atoms with Crippen LogP contribution in [0.3, 0.4) is 0 Å². The summed E-state index contributed by atoms with van der Waals surface area (Å²) in [6.07, 6.45) is 7.57. The molecule has 5 nitrogen and oxygen atoms in total. The van der Waals surface area contributed by atoms with Crippen LogP contribution in [-0.2, 0) is 11.2 Å². The molecule has 186 valence electrons. The highest BCUT2D eigenvalue weighted by atomic mass is 79.9. The fourth-order valence-electron chi connectivity index (χ4n) is 8.96. The number of ketones is 1. The summed E-state index contributed by atoms with van der Waals surface area (Å²) in [6, 6.07) is 8.17. The molecule has 0 saturated heterocycles. The Labute approximate surface area is 215 Å². The number of aromatic nitrogens is 2. The number of allylic oxidation sites excluding steroid dienone is 1. The number of carbonyl (C=O) groups excluding carboxylic acids is 1. The van der Waals surface area contributed by atoms with E-state index >= 15 is 0 Å². The molecule has 6 heteroatoms. The first-order valence-corrected chi connectivity index (χ1v) is 13.8. The maximum Gasteiger partial charge on any atom is 0.161 e. The van der Waals surface area contributed by atoms with Crippen LogP contribution in [0.2, 0.25) is 0 Å². The lowest BCUT2D eigenvalue weighted by molar-refractivity contribution is -0.180. The average molecular weight is 540 g/mol. The molecule has 2 aromatic rings. The van der Waals surface area contributed by atoms with Crippen LogP contribution in [0, 0.1) is 34.5 Å². The molecular formula is C29H35BrN2O3. The first-order chi connectivity index (χ1) is 16.5. The Kier molecular flexibility index (Phi) is 5.15. The summed E-state index contributed by atoms with van der Waals surface area (Å²) in [5.41, 5.74) is 2.61. The van der Waals surface area contributed by atoms with Crippen molar-refractivity contribution in [3.63, 3.8) is 0 Å². The summed E-state index contributed by atoms with van der Waals surface area (Å²) in [7, 11) is 0. The number of rotatable bonds is 2. The second-order valence-electron chi connectivity index (χ2n) is 12.2. The second-order valence-corrected chi connectivity index (χ2v) is 13.2. The Morgan fingerprint density at radius 2 is 2.06 bits per heavy atom. The molecule has 8 atom stereocenters. The van der Waals surface area contributed by atoms with Crippen LogP contribution < -0.4 is 0 Å². The molecule has 0 bridgehead atoms. The van der Waals surface area contributed by atoms with Crippen LogP contribution >= 0.6 is 15.9 Å². The standard InChI is InChI=1S/C29H35BrN2O3/c1-16-10-21-22-8-9-29(35,17(2)33)28(22,4)14-25(34)26(21)27(3)13-18-15-32(31-24(18)12-23(16)27)20-7-5-6-19(30)11-20/h5-7,11-12,15-16,21-22,25-26,34-35H,8-10,13-14H2,1-4H3/t16-,21-,22-,25-,26+,27-,28-,29-/m0/s1. The molecular weight excluding hydrogens is 504 g/mol. The van der Waals surface area contributed by atoms with E-state index in [9.17, 15) is 15.0 Å². The van der Waals surface area contributed by atoms with Crippen LogP contribution in [0.25, 0.3) is 11.8 Å². The van der Waals surface area contributed by atoms with Gasteiger partial charge in [0.05, 0.1) is 17.5 Å². The highest BCUT2D eigenvalue weighted by molar-refractivity contribution is 9.10. The lowest BCUT2D eigenvalue weighted by atomic mass is 9.44. The van der Waals surface area contributed by atoms with Gasteiger partial charge in [-0.05, 0) is 98.0 Å². The molecule has 1 aromatic carbocycles. The lowest BCUT2D eigenvalue weighted by Gasteiger charge is -2.61. The van der Waals surface area contributed by atoms with Gasteiger partial charge in [0.2, 0.25) is 0 Å². The van der Waals surface area contributed by atoms with Crippen molar-refractivity contribution >= 4 is 27.8 Å². The Hall–Kier alpha value is -1.76. The SMILES string of the molecule is CC(=O)[C@@]1(O)CC[C@H]2[C@@H]3C[C@H](C)C4=Cc5nn(-c6cccc(Br)c6)cc5C[C@]4(C)[C@H]3[C@@H](O)C[C@@]21C. The Bertz CT molecular complexity index is 1250. The van der Waals surface area contributed by atoms with E-state index in [1.807, 2.05) is 16.8 Å². The van der Waals surface area contributed by atoms with Gasteiger partial charge in [-0.3, -0.25) is 4.79 Å². The quantitative estimate of drug-likeness (QED) is 0.540. The molecule has 0 amide bonds. The summed E-state index contributed by atoms with van der Waals surface area (Å²) in [5.74, 6) is 0.865. The van der Waals surface area contributed by atoms with Crippen LogP contribution in [0.15, 0.2) is 40.5 Å². The smallest absolute Gasteiger partial charge is 0.161 e. The molecule has 0 unspecified atom stereocenters. The summed E-state index contributed by atoms with van der Waals surface area (Å²) < 4.78 is 2.99. The zero-order valence-corrected chi connectivity index (χ0v) is 22.5. The molecule has 2 N–H and O–H groups in total. The predicted octanol–water partition coefficient (Wildman–Crippen LogP) is 5.35. The summed E-state index contributed by atoms with van der Waals surface area (Å²) in [6.45, 7) is 8.22. The van der Waals surface area contributed by atoms with Gasteiger partial charge in [-0.25, -0.2) is 4.68 Å². The molecule has 0 radical (unpaired) electrons. The van der Waals surface area contributed by atoms with Gasteiger partial charge in [-0.15, -0.1) is 0 Å². The fourth-order valence-corrected chi connectivity index (χ4v) is 9.34. The molecule has 4 aliphatic carbocycles.